The van der Waals surface area contributed by atoms with Gasteiger partial charge in [0.2, 0.25) is 17.7 Å². The second-order valence-corrected chi connectivity index (χ2v) is 7.57. The number of anilines is 1. The monoisotopic (exact) mass is 449 g/mol. The van der Waals surface area contributed by atoms with Crippen molar-refractivity contribution in [1.82, 2.24) is 24.8 Å². The number of pyridine rings is 1. The third-order valence-electron chi connectivity index (χ3n) is 5.40. The van der Waals surface area contributed by atoms with Crippen LogP contribution in [0.15, 0.2) is 58.1 Å². The molecule has 33 heavy (non-hydrogen) atoms. The summed E-state index contributed by atoms with van der Waals surface area (Å²) in [5.41, 5.74) is 1.65. The number of ether oxygens (including phenoxy) is 1. The number of nitrogens with two attached hydrogens (primary N) is 1. The lowest BCUT2D eigenvalue weighted by molar-refractivity contribution is 0.0390. The molecule has 0 bridgehead atoms. The van der Waals surface area contributed by atoms with Crippen molar-refractivity contribution in [3.63, 3.8) is 0 Å². The van der Waals surface area contributed by atoms with Crippen LogP contribution in [0.4, 0.5) is 10.3 Å². The molecule has 1 atom stereocenters. The molecule has 2 N–H and O–H groups in total. The topological polar surface area (TPSA) is 125 Å². The molecule has 0 radical (unpaired) electrons. The molecule has 4 heterocycles. The first-order chi connectivity index (χ1) is 16.0. The lowest BCUT2D eigenvalue weighted by Crippen LogP contribution is -2.43. The molecule has 168 valence electrons. The van der Waals surface area contributed by atoms with Gasteiger partial charge in [0, 0.05) is 36.9 Å². The molecule has 1 aromatic carbocycles. The summed E-state index contributed by atoms with van der Waals surface area (Å²) in [4.78, 5) is 26.8. The van der Waals surface area contributed by atoms with Crippen molar-refractivity contribution in [2.75, 3.05) is 30.4 Å². The quantitative estimate of drug-likeness (QED) is 0.466. The number of aromatic nitrogens is 5. The molecule has 1 aliphatic heterocycles. The third kappa shape index (κ3) is 4.05. The number of nitrogens with zero attached hydrogens (tertiary/aromatic N) is 6. The average Bonchev–Trinajstić information content (AvgIpc) is 3.27. The van der Waals surface area contributed by atoms with Gasteiger partial charge in [-0.2, -0.15) is 9.66 Å². The Bertz CT molecular complexity index is 1350. The normalized spacial score (nSPS) is 16.2. The van der Waals surface area contributed by atoms with Crippen molar-refractivity contribution in [1.29, 1.82) is 0 Å². The van der Waals surface area contributed by atoms with E-state index in [1.54, 1.807) is 6.92 Å². The number of halogens is 1. The Labute approximate surface area is 187 Å². The van der Waals surface area contributed by atoms with E-state index in [-0.39, 0.29) is 23.3 Å². The smallest absolute Gasteiger partial charge is 0.273 e. The van der Waals surface area contributed by atoms with Crippen molar-refractivity contribution >= 4 is 5.95 Å². The van der Waals surface area contributed by atoms with Crippen LogP contribution in [0.3, 0.4) is 0 Å². The molecule has 11 heteroatoms. The van der Waals surface area contributed by atoms with Crippen LogP contribution in [0.25, 0.3) is 22.6 Å². The van der Waals surface area contributed by atoms with Crippen LogP contribution >= 0.6 is 0 Å². The number of morpholine rings is 1. The van der Waals surface area contributed by atoms with E-state index in [1.807, 2.05) is 29.2 Å². The van der Waals surface area contributed by atoms with Gasteiger partial charge in [-0.1, -0.05) is 29.4 Å². The molecule has 10 nitrogen and oxygen atoms in total. The summed E-state index contributed by atoms with van der Waals surface area (Å²) in [7, 11) is 0. The zero-order chi connectivity index (χ0) is 22.9. The second-order valence-electron chi connectivity index (χ2n) is 7.57. The van der Waals surface area contributed by atoms with Gasteiger partial charge in [0.1, 0.15) is 6.10 Å². The highest BCUT2D eigenvalue weighted by atomic mass is 19.1. The maximum Gasteiger partial charge on any atom is 0.273 e. The molecule has 0 aliphatic carbocycles. The first kappa shape index (κ1) is 20.8. The number of aryl methyl sites for hydroxylation is 1. The summed E-state index contributed by atoms with van der Waals surface area (Å²) < 4.78 is 26.2. The Hall–Kier alpha value is -4.12. The van der Waals surface area contributed by atoms with E-state index in [2.05, 4.69) is 20.1 Å². The van der Waals surface area contributed by atoms with Gasteiger partial charge in [-0.05, 0) is 11.6 Å². The fraction of sp³-hybridized carbons (Fsp3) is 0.227. The standard InChI is InChI=1S/C22H20FN7O3/c1-13-26-21(28-33-13)15-4-2-14(3-5-15)19-12-29(8-9-32-19)22-27-18(10-20(31)30(22)24)16-6-7-25-11-17(16)23/h2-7,10-11,19H,8-9,12,24H2,1H3/t19-/m1/s1. The van der Waals surface area contributed by atoms with Crippen molar-refractivity contribution in [2.45, 2.75) is 13.0 Å². The fourth-order valence-electron chi connectivity index (χ4n) is 3.72. The summed E-state index contributed by atoms with van der Waals surface area (Å²) >= 11 is 0. The fourth-order valence-corrected chi connectivity index (χ4v) is 3.72. The molecular weight excluding hydrogens is 429 g/mol. The highest BCUT2D eigenvalue weighted by Gasteiger charge is 2.26. The molecule has 0 spiro atoms. The van der Waals surface area contributed by atoms with Gasteiger partial charge in [-0.3, -0.25) is 9.78 Å². The van der Waals surface area contributed by atoms with E-state index in [0.717, 1.165) is 22.0 Å². The molecular formula is C22H20FN7O3. The van der Waals surface area contributed by atoms with E-state index in [1.165, 1.54) is 18.3 Å². The molecule has 1 aliphatic rings. The van der Waals surface area contributed by atoms with E-state index in [0.29, 0.717) is 31.4 Å². The maximum absolute atomic E-state index is 14.2. The molecule has 0 saturated carbocycles. The van der Waals surface area contributed by atoms with Crippen LogP contribution in [-0.4, -0.2) is 44.5 Å². The van der Waals surface area contributed by atoms with Crippen molar-refractivity contribution in [3.05, 3.63) is 76.4 Å². The van der Waals surface area contributed by atoms with Gasteiger partial charge in [0.15, 0.2) is 5.82 Å². The zero-order valence-corrected chi connectivity index (χ0v) is 17.7. The highest BCUT2D eigenvalue weighted by Crippen LogP contribution is 2.28. The Morgan fingerprint density at radius 1 is 1.18 bits per heavy atom. The zero-order valence-electron chi connectivity index (χ0n) is 17.7. The minimum Gasteiger partial charge on any atom is -0.370 e. The number of hydrogen-bond donors (Lipinski definition) is 1. The highest BCUT2D eigenvalue weighted by molar-refractivity contribution is 5.60. The SMILES string of the molecule is Cc1nc(-c2ccc([C@H]3CN(c4nc(-c5ccncc5F)cc(=O)n4N)CCO3)cc2)no1. The first-order valence-corrected chi connectivity index (χ1v) is 10.3. The Kier molecular flexibility index (Phi) is 5.31. The molecule has 0 unspecified atom stereocenters. The average molecular weight is 449 g/mol. The Balaban J connectivity index is 1.42. The summed E-state index contributed by atoms with van der Waals surface area (Å²) in [6.45, 7) is 3.02. The van der Waals surface area contributed by atoms with Crippen molar-refractivity contribution in [2.24, 2.45) is 0 Å². The Morgan fingerprint density at radius 3 is 2.73 bits per heavy atom. The van der Waals surface area contributed by atoms with E-state index >= 15 is 0 Å². The summed E-state index contributed by atoms with van der Waals surface area (Å²) in [6, 6.07) is 10.3. The summed E-state index contributed by atoms with van der Waals surface area (Å²) in [5, 5.41) is 3.93. The van der Waals surface area contributed by atoms with E-state index < -0.39 is 11.4 Å². The number of benzene rings is 1. The summed E-state index contributed by atoms with van der Waals surface area (Å²) in [5.74, 6) is 6.68. The lowest BCUT2D eigenvalue weighted by Gasteiger charge is -2.34. The van der Waals surface area contributed by atoms with Gasteiger partial charge >= 0.3 is 0 Å². The largest absolute Gasteiger partial charge is 0.370 e. The molecule has 1 fully saturated rings. The molecule has 5 rings (SSSR count). The maximum atomic E-state index is 14.2. The van der Waals surface area contributed by atoms with Gasteiger partial charge in [-0.15, -0.1) is 0 Å². The van der Waals surface area contributed by atoms with Gasteiger partial charge < -0.3 is 20.0 Å². The number of nitrogen functional groups attached to an aromatic ring is 1. The lowest BCUT2D eigenvalue weighted by atomic mass is 10.1. The second kappa shape index (κ2) is 8.43. The van der Waals surface area contributed by atoms with Crippen LogP contribution < -0.4 is 16.3 Å². The molecule has 3 aromatic heterocycles. The number of hydrogen-bond acceptors (Lipinski definition) is 9. The van der Waals surface area contributed by atoms with Crippen LogP contribution in [0.5, 0.6) is 0 Å². The predicted molar refractivity (Wildman–Crippen MR) is 117 cm³/mol. The van der Waals surface area contributed by atoms with E-state index in [9.17, 15) is 9.18 Å². The van der Waals surface area contributed by atoms with Crippen molar-refractivity contribution < 1.29 is 13.7 Å². The number of rotatable bonds is 4. The first-order valence-electron chi connectivity index (χ1n) is 10.3. The van der Waals surface area contributed by atoms with Crippen LogP contribution in [-0.2, 0) is 4.74 Å². The molecule has 4 aromatic rings. The van der Waals surface area contributed by atoms with Gasteiger partial charge in [0.05, 0.1) is 25.0 Å². The molecule has 0 amide bonds. The van der Waals surface area contributed by atoms with Crippen LogP contribution in [0.1, 0.15) is 17.6 Å². The van der Waals surface area contributed by atoms with Gasteiger partial charge in [0.25, 0.3) is 5.56 Å². The van der Waals surface area contributed by atoms with Crippen LogP contribution in [0.2, 0.25) is 0 Å². The van der Waals surface area contributed by atoms with E-state index in [4.69, 9.17) is 15.1 Å². The van der Waals surface area contributed by atoms with Crippen molar-refractivity contribution in [3.8, 4) is 22.6 Å². The van der Waals surface area contributed by atoms with Gasteiger partial charge in [-0.25, -0.2) is 9.37 Å². The minimum absolute atomic E-state index is 0.182. The van der Waals surface area contributed by atoms with Crippen LogP contribution in [0, 0.1) is 12.7 Å². The third-order valence-corrected chi connectivity index (χ3v) is 5.40. The Morgan fingerprint density at radius 2 is 2.00 bits per heavy atom. The predicted octanol–water partition coefficient (Wildman–Crippen LogP) is 2.09. The molecule has 1 saturated heterocycles. The summed E-state index contributed by atoms with van der Waals surface area (Å²) in [6.07, 6.45) is 2.24. The minimum atomic E-state index is -0.568.